The van der Waals surface area contributed by atoms with Gasteiger partial charge in [-0.05, 0) is 31.4 Å². The normalized spacial score (nSPS) is 16.8. The van der Waals surface area contributed by atoms with Crippen LogP contribution in [0.3, 0.4) is 0 Å². The summed E-state index contributed by atoms with van der Waals surface area (Å²) in [6.07, 6.45) is 0.642. The van der Waals surface area contributed by atoms with Gasteiger partial charge in [-0.2, -0.15) is 5.10 Å². The largest absolute Gasteiger partial charge is 0.479 e. The minimum atomic E-state index is -1.03. The summed E-state index contributed by atoms with van der Waals surface area (Å²) < 4.78 is 1.53. The average molecular weight is 348 g/mol. The molecule has 2 aromatic rings. The van der Waals surface area contributed by atoms with E-state index in [2.05, 4.69) is 5.10 Å². The lowest BCUT2D eigenvalue weighted by molar-refractivity contribution is -0.151. The van der Waals surface area contributed by atoms with Crippen LogP contribution in [-0.2, 0) is 22.6 Å². The van der Waals surface area contributed by atoms with E-state index in [0.717, 1.165) is 5.56 Å². The number of hydrogen-bond acceptors (Lipinski definition) is 3. The van der Waals surface area contributed by atoms with E-state index in [1.54, 1.807) is 26.0 Å². The first kappa shape index (κ1) is 16.5. The Bertz CT molecular complexity index is 815. The SMILES string of the molecule is Cc1nn(CC(=O)N2CCc3ccccc3[C@@H]2C(=O)O)c(C)c1Cl. The molecule has 7 heteroatoms. The Labute approximate surface area is 144 Å². The van der Waals surface area contributed by atoms with Crippen molar-refractivity contribution in [3.63, 3.8) is 0 Å². The van der Waals surface area contributed by atoms with Gasteiger partial charge in [-0.3, -0.25) is 9.48 Å². The molecule has 1 aliphatic heterocycles. The van der Waals surface area contributed by atoms with Gasteiger partial charge < -0.3 is 10.0 Å². The molecule has 1 aromatic carbocycles. The van der Waals surface area contributed by atoms with Crippen LogP contribution in [0.25, 0.3) is 0 Å². The molecule has 0 saturated carbocycles. The van der Waals surface area contributed by atoms with Gasteiger partial charge in [0.1, 0.15) is 6.54 Å². The molecule has 2 heterocycles. The number of aliphatic carboxylic acids is 1. The summed E-state index contributed by atoms with van der Waals surface area (Å²) in [7, 11) is 0. The highest BCUT2D eigenvalue weighted by atomic mass is 35.5. The van der Waals surface area contributed by atoms with Crippen molar-refractivity contribution in [2.75, 3.05) is 6.54 Å². The van der Waals surface area contributed by atoms with Gasteiger partial charge in [-0.15, -0.1) is 0 Å². The van der Waals surface area contributed by atoms with Crippen LogP contribution in [0.5, 0.6) is 0 Å². The molecular formula is C17H18ClN3O3. The highest BCUT2D eigenvalue weighted by Gasteiger charge is 2.35. The molecule has 1 atom stereocenters. The molecule has 24 heavy (non-hydrogen) atoms. The summed E-state index contributed by atoms with van der Waals surface area (Å²) >= 11 is 6.11. The zero-order chi connectivity index (χ0) is 17.4. The number of nitrogens with zero attached hydrogens (tertiary/aromatic N) is 3. The Kier molecular flexibility index (Phi) is 4.32. The minimum Gasteiger partial charge on any atom is -0.479 e. The number of aromatic nitrogens is 2. The molecule has 3 rings (SSSR count). The highest BCUT2D eigenvalue weighted by Crippen LogP contribution is 2.30. The van der Waals surface area contributed by atoms with Crippen molar-refractivity contribution in [2.24, 2.45) is 0 Å². The first-order valence-electron chi connectivity index (χ1n) is 7.69. The molecule has 1 aliphatic rings. The topological polar surface area (TPSA) is 75.4 Å². The fraction of sp³-hybridized carbons (Fsp3) is 0.353. The maximum Gasteiger partial charge on any atom is 0.331 e. The zero-order valence-corrected chi connectivity index (χ0v) is 14.2. The first-order valence-corrected chi connectivity index (χ1v) is 8.07. The number of amides is 1. The van der Waals surface area contributed by atoms with Crippen molar-refractivity contribution in [2.45, 2.75) is 32.9 Å². The third kappa shape index (κ3) is 2.78. The van der Waals surface area contributed by atoms with Gasteiger partial charge >= 0.3 is 5.97 Å². The molecule has 0 radical (unpaired) electrons. The third-order valence-electron chi connectivity index (χ3n) is 4.42. The van der Waals surface area contributed by atoms with Gasteiger partial charge in [0.15, 0.2) is 6.04 Å². The van der Waals surface area contributed by atoms with Crippen LogP contribution in [0.1, 0.15) is 28.6 Å². The molecule has 126 valence electrons. The van der Waals surface area contributed by atoms with E-state index in [1.807, 2.05) is 12.1 Å². The number of rotatable bonds is 3. The maximum atomic E-state index is 12.7. The molecular weight excluding hydrogens is 330 g/mol. The predicted octanol–water partition coefficient (Wildman–Crippen LogP) is 2.36. The molecule has 1 aromatic heterocycles. The second-order valence-electron chi connectivity index (χ2n) is 5.92. The Morgan fingerprint density at radius 3 is 2.67 bits per heavy atom. The van der Waals surface area contributed by atoms with E-state index in [9.17, 15) is 14.7 Å². The number of benzene rings is 1. The predicted molar refractivity (Wildman–Crippen MR) is 88.9 cm³/mol. The summed E-state index contributed by atoms with van der Waals surface area (Å²) in [5, 5.41) is 14.4. The molecule has 1 N–H and O–H groups in total. The Morgan fingerprint density at radius 2 is 2.04 bits per heavy atom. The van der Waals surface area contributed by atoms with Crippen LogP contribution in [0.4, 0.5) is 0 Å². The number of carbonyl (C=O) groups is 2. The van der Waals surface area contributed by atoms with Crippen LogP contribution >= 0.6 is 11.6 Å². The fourth-order valence-electron chi connectivity index (χ4n) is 3.15. The summed E-state index contributed by atoms with van der Waals surface area (Å²) in [5.41, 5.74) is 3.01. The summed E-state index contributed by atoms with van der Waals surface area (Å²) in [4.78, 5) is 25.9. The van der Waals surface area contributed by atoms with Crippen molar-refractivity contribution in [1.29, 1.82) is 0 Å². The number of carbonyl (C=O) groups excluding carboxylic acids is 1. The zero-order valence-electron chi connectivity index (χ0n) is 13.5. The summed E-state index contributed by atoms with van der Waals surface area (Å²) in [5.74, 6) is -1.30. The Balaban J connectivity index is 1.89. The van der Waals surface area contributed by atoms with E-state index in [0.29, 0.717) is 34.9 Å². The number of aryl methyl sites for hydroxylation is 1. The molecule has 6 nitrogen and oxygen atoms in total. The lowest BCUT2D eigenvalue weighted by Gasteiger charge is -2.34. The van der Waals surface area contributed by atoms with E-state index >= 15 is 0 Å². The van der Waals surface area contributed by atoms with E-state index in [1.165, 1.54) is 9.58 Å². The average Bonchev–Trinajstić information content (AvgIpc) is 2.80. The quantitative estimate of drug-likeness (QED) is 0.924. The number of halogens is 1. The Morgan fingerprint density at radius 1 is 1.33 bits per heavy atom. The molecule has 0 unspecified atom stereocenters. The van der Waals surface area contributed by atoms with Gasteiger partial charge in [0.25, 0.3) is 0 Å². The van der Waals surface area contributed by atoms with Crippen molar-refractivity contribution in [3.05, 3.63) is 51.8 Å². The lowest BCUT2D eigenvalue weighted by atomic mass is 9.92. The molecule has 0 bridgehead atoms. The second kappa shape index (κ2) is 6.28. The van der Waals surface area contributed by atoms with Crippen LogP contribution in [0.15, 0.2) is 24.3 Å². The number of carboxylic acids is 1. The molecule has 0 saturated heterocycles. The maximum absolute atomic E-state index is 12.7. The van der Waals surface area contributed by atoms with Crippen molar-refractivity contribution in [1.82, 2.24) is 14.7 Å². The van der Waals surface area contributed by atoms with Crippen molar-refractivity contribution in [3.8, 4) is 0 Å². The number of hydrogen-bond donors (Lipinski definition) is 1. The molecule has 0 fully saturated rings. The third-order valence-corrected chi connectivity index (χ3v) is 4.96. The fourth-order valence-corrected chi connectivity index (χ4v) is 3.28. The van der Waals surface area contributed by atoms with Crippen LogP contribution in [0, 0.1) is 13.8 Å². The number of carboxylic acid groups (broad SMARTS) is 1. The van der Waals surface area contributed by atoms with Crippen LogP contribution in [-0.4, -0.2) is 38.2 Å². The summed E-state index contributed by atoms with van der Waals surface area (Å²) in [6.45, 7) is 3.91. The van der Waals surface area contributed by atoms with Crippen molar-refractivity contribution < 1.29 is 14.7 Å². The highest BCUT2D eigenvalue weighted by molar-refractivity contribution is 6.31. The summed E-state index contributed by atoms with van der Waals surface area (Å²) in [6, 6.07) is 6.40. The molecule has 0 aliphatic carbocycles. The van der Waals surface area contributed by atoms with E-state index in [4.69, 9.17) is 11.6 Å². The monoisotopic (exact) mass is 347 g/mol. The van der Waals surface area contributed by atoms with Gasteiger partial charge in [-0.1, -0.05) is 35.9 Å². The number of fused-ring (bicyclic) bond motifs is 1. The van der Waals surface area contributed by atoms with Crippen LogP contribution in [0.2, 0.25) is 5.02 Å². The minimum absolute atomic E-state index is 0.0225. The Hall–Kier alpha value is -2.34. The second-order valence-corrected chi connectivity index (χ2v) is 6.30. The van der Waals surface area contributed by atoms with Crippen molar-refractivity contribution >= 4 is 23.5 Å². The van der Waals surface area contributed by atoms with Crippen LogP contribution < -0.4 is 0 Å². The molecule has 0 spiro atoms. The van der Waals surface area contributed by atoms with Gasteiger partial charge in [0.05, 0.1) is 16.4 Å². The van der Waals surface area contributed by atoms with Gasteiger partial charge in [0.2, 0.25) is 5.91 Å². The lowest BCUT2D eigenvalue weighted by Crippen LogP contribution is -2.45. The first-order chi connectivity index (χ1) is 11.4. The van der Waals surface area contributed by atoms with E-state index in [-0.39, 0.29) is 12.5 Å². The van der Waals surface area contributed by atoms with Gasteiger partial charge in [-0.25, -0.2) is 4.79 Å². The smallest absolute Gasteiger partial charge is 0.331 e. The molecule has 1 amide bonds. The standard InChI is InChI=1S/C17H18ClN3O3/c1-10-15(18)11(2)21(19-10)9-14(22)20-8-7-12-5-3-4-6-13(12)16(20)17(23)24/h3-6,16H,7-9H2,1-2H3,(H,23,24)/t16-/m1/s1. The van der Waals surface area contributed by atoms with Gasteiger partial charge in [0, 0.05) is 6.54 Å². The van der Waals surface area contributed by atoms with E-state index < -0.39 is 12.0 Å².